The minimum Gasteiger partial charge on any atom is -0.326 e. The lowest BCUT2D eigenvalue weighted by Crippen LogP contribution is -2.41. The summed E-state index contributed by atoms with van der Waals surface area (Å²) in [6.45, 7) is 8.89. The highest BCUT2D eigenvalue weighted by atomic mass is 32.1. The van der Waals surface area contributed by atoms with E-state index in [0.29, 0.717) is 6.04 Å². The summed E-state index contributed by atoms with van der Waals surface area (Å²) in [7, 11) is 0. The van der Waals surface area contributed by atoms with Gasteiger partial charge in [-0.2, -0.15) is 11.3 Å². The van der Waals surface area contributed by atoms with Crippen molar-refractivity contribution in [2.45, 2.75) is 52.1 Å². The second-order valence-electron chi connectivity index (χ2n) is 4.56. The van der Waals surface area contributed by atoms with Gasteiger partial charge in [0.05, 0.1) is 6.04 Å². The van der Waals surface area contributed by atoms with Gasteiger partial charge in [-0.15, -0.1) is 0 Å². The van der Waals surface area contributed by atoms with Gasteiger partial charge in [-0.1, -0.05) is 27.2 Å². The summed E-state index contributed by atoms with van der Waals surface area (Å²) in [6, 6.07) is 2.85. The van der Waals surface area contributed by atoms with Crippen molar-refractivity contribution in [2.75, 3.05) is 13.1 Å². The molecular weight excluding hydrogens is 228 g/mol. The van der Waals surface area contributed by atoms with Gasteiger partial charge in [-0.05, 0) is 48.3 Å². The number of likely N-dealkylation sites (N-methyl/N-ethyl adjacent to an activating group) is 1. The van der Waals surface area contributed by atoms with Gasteiger partial charge in [0.15, 0.2) is 0 Å². The van der Waals surface area contributed by atoms with Crippen molar-refractivity contribution in [1.29, 1.82) is 0 Å². The van der Waals surface area contributed by atoms with Gasteiger partial charge in [-0.25, -0.2) is 0 Å². The molecule has 0 radical (unpaired) electrons. The highest BCUT2D eigenvalue weighted by Crippen LogP contribution is 2.27. The SMILES string of the molecule is CCCCN(CC)C(c1ccsc1)C(N)CC. The first-order valence-electron chi connectivity index (χ1n) is 6.76. The maximum Gasteiger partial charge on any atom is 0.0507 e. The van der Waals surface area contributed by atoms with Crippen LogP contribution in [0.5, 0.6) is 0 Å². The average molecular weight is 254 g/mol. The fourth-order valence-electron chi connectivity index (χ4n) is 2.25. The Balaban J connectivity index is 2.80. The number of thiophene rings is 1. The molecule has 1 aromatic rings. The van der Waals surface area contributed by atoms with Crippen LogP contribution in [0.15, 0.2) is 16.8 Å². The van der Waals surface area contributed by atoms with Crippen LogP contribution in [0.1, 0.15) is 51.6 Å². The minimum absolute atomic E-state index is 0.237. The minimum atomic E-state index is 0.237. The number of unbranched alkanes of at least 4 members (excludes halogenated alkanes) is 1. The summed E-state index contributed by atoms with van der Waals surface area (Å²) in [5.41, 5.74) is 7.71. The van der Waals surface area contributed by atoms with Crippen molar-refractivity contribution in [1.82, 2.24) is 4.90 Å². The molecule has 2 atom stereocenters. The van der Waals surface area contributed by atoms with Gasteiger partial charge >= 0.3 is 0 Å². The maximum absolute atomic E-state index is 6.32. The molecule has 17 heavy (non-hydrogen) atoms. The van der Waals surface area contributed by atoms with Crippen LogP contribution < -0.4 is 5.73 Å². The first kappa shape index (κ1) is 14.7. The monoisotopic (exact) mass is 254 g/mol. The predicted octanol–water partition coefficient (Wildman–Crippen LogP) is 3.65. The highest BCUT2D eigenvalue weighted by Gasteiger charge is 2.24. The average Bonchev–Trinajstić information content (AvgIpc) is 2.87. The van der Waals surface area contributed by atoms with Crippen LogP contribution in [0.3, 0.4) is 0 Å². The van der Waals surface area contributed by atoms with E-state index in [1.165, 1.54) is 18.4 Å². The van der Waals surface area contributed by atoms with Crippen LogP contribution in [0.4, 0.5) is 0 Å². The summed E-state index contributed by atoms with van der Waals surface area (Å²) in [6.07, 6.45) is 3.53. The lowest BCUT2D eigenvalue weighted by atomic mass is 9.98. The van der Waals surface area contributed by atoms with Crippen LogP contribution in [0.2, 0.25) is 0 Å². The molecule has 1 heterocycles. The second kappa shape index (κ2) is 7.85. The number of rotatable bonds is 8. The van der Waals surface area contributed by atoms with E-state index in [0.717, 1.165) is 19.5 Å². The Morgan fingerprint density at radius 1 is 1.35 bits per heavy atom. The van der Waals surface area contributed by atoms with Crippen molar-refractivity contribution in [3.63, 3.8) is 0 Å². The molecule has 0 aromatic carbocycles. The van der Waals surface area contributed by atoms with Gasteiger partial charge < -0.3 is 5.73 Å². The molecule has 0 aliphatic heterocycles. The van der Waals surface area contributed by atoms with E-state index in [1.807, 2.05) is 0 Å². The molecular formula is C14H26N2S. The van der Waals surface area contributed by atoms with Gasteiger partial charge in [0.25, 0.3) is 0 Å². The molecule has 1 rings (SSSR count). The topological polar surface area (TPSA) is 29.3 Å². The van der Waals surface area contributed by atoms with E-state index in [4.69, 9.17) is 5.73 Å². The van der Waals surface area contributed by atoms with Crippen molar-refractivity contribution in [2.24, 2.45) is 5.73 Å². The standard InChI is InChI=1S/C14H26N2S/c1-4-7-9-16(6-3)14(13(15)5-2)12-8-10-17-11-12/h8,10-11,13-14H,4-7,9,15H2,1-3H3. The quantitative estimate of drug-likeness (QED) is 0.767. The van der Waals surface area contributed by atoms with Crippen molar-refractivity contribution < 1.29 is 0 Å². The summed E-state index contributed by atoms with van der Waals surface area (Å²) < 4.78 is 0. The number of hydrogen-bond donors (Lipinski definition) is 1. The van der Waals surface area contributed by atoms with Gasteiger partial charge in [0.2, 0.25) is 0 Å². The molecule has 98 valence electrons. The summed E-state index contributed by atoms with van der Waals surface area (Å²) >= 11 is 1.77. The van der Waals surface area contributed by atoms with E-state index in [2.05, 4.69) is 42.5 Å². The maximum atomic E-state index is 6.32. The van der Waals surface area contributed by atoms with E-state index in [9.17, 15) is 0 Å². The number of nitrogens with zero attached hydrogens (tertiary/aromatic N) is 1. The Kier molecular flexibility index (Phi) is 6.78. The van der Waals surface area contributed by atoms with Gasteiger partial charge in [0, 0.05) is 6.04 Å². The normalized spacial score (nSPS) is 15.1. The lowest BCUT2D eigenvalue weighted by Gasteiger charge is -2.34. The Morgan fingerprint density at radius 3 is 2.59 bits per heavy atom. The molecule has 0 bridgehead atoms. The zero-order chi connectivity index (χ0) is 12.7. The van der Waals surface area contributed by atoms with Crippen molar-refractivity contribution in [3.05, 3.63) is 22.4 Å². The molecule has 0 aliphatic rings. The van der Waals surface area contributed by atoms with E-state index in [1.54, 1.807) is 11.3 Å². The second-order valence-corrected chi connectivity index (χ2v) is 5.34. The zero-order valence-electron chi connectivity index (χ0n) is 11.4. The molecule has 0 fully saturated rings. The van der Waals surface area contributed by atoms with Crippen molar-refractivity contribution in [3.8, 4) is 0 Å². The zero-order valence-corrected chi connectivity index (χ0v) is 12.2. The number of nitrogens with two attached hydrogens (primary N) is 1. The van der Waals surface area contributed by atoms with Crippen LogP contribution in [0, 0.1) is 0 Å². The molecule has 2 unspecified atom stereocenters. The van der Waals surface area contributed by atoms with Gasteiger partial charge in [0.1, 0.15) is 0 Å². The van der Waals surface area contributed by atoms with Crippen LogP contribution in [-0.2, 0) is 0 Å². The summed E-state index contributed by atoms with van der Waals surface area (Å²) in [5, 5.41) is 4.40. The fraction of sp³-hybridized carbons (Fsp3) is 0.714. The summed E-state index contributed by atoms with van der Waals surface area (Å²) in [4.78, 5) is 2.53. The first-order chi connectivity index (χ1) is 8.24. The molecule has 0 spiro atoms. The Morgan fingerprint density at radius 2 is 2.12 bits per heavy atom. The third-order valence-electron chi connectivity index (χ3n) is 3.36. The Bertz CT molecular complexity index is 284. The third kappa shape index (κ3) is 4.09. The van der Waals surface area contributed by atoms with Crippen molar-refractivity contribution >= 4 is 11.3 Å². The van der Waals surface area contributed by atoms with E-state index in [-0.39, 0.29) is 6.04 Å². The molecule has 0 aliphatic carbocycles. The third-order valence-corrected chi connectivity index (χ3v) is 4.06. The number of hydrogen-bond acceptors (Lipinski definition) is 3. The highest BCUT2D eigenvalue weighted by molar-refractivity contribution is 7.07. The lowest BCUT2D eigenvalue weighted by molar-refractivity contribution is 0.175. The molecule has 0 saturated heterocycles. The van der Waals surface area contributed by atoms with Gasteiger partial charge in [-0.3, -0.25) is 4.90 Å². The smallest absolute Gasteiger partial charge is 0.0507 e. The molecule has 0 amide bonds. The first-order valence-corrected chi connectivity index (χ1v) is 7.70. The summed E-state index contributed by atoms with van der Waals surface area (Å²) in [5.74, 6) is 0. The molecule has 3 heteroatoms. The van der Waals surface area contributed by atoms with Crippen LogP contribution in [-0.4, -0.2) is 24.0 Å². The largest absolute Gasteiger partial charge is 0.326 e. The predicted molar refractivity (Wildman–Crippen MR) is 77.5 cm³/mol. The van der Waals surface area contributed by atoms with E-state index < -0.39 is 0 Å². The van der Waals surface area contributed by atoms with Crippen LogP contribution >= 0.6 is 11.3 Å². The molecule has 2 nitrogen and oxygen atoms in total. The Hall–Kier alpha value is -0.380. The molecule has 0 saturated carbocycles. The van der Waals surface area contributed by atoms with E-state index >= 15 is 0 Å². The Labute approximate surface area is 110 Å². The molecule has 1 aromatic heterocycles. The molecule has 2 N–H and O–H groups in total. The van der Waals surface area contributed by atoms with Crippen LogP contribution in [0.25, 0.3) is 0 Å². The fourth-order valence-corrected chi connectivity index (χ4v) is 2.94.